The molecule has 1 fully saturated rings. The second-order valence-electron chi connectivity index (χ2n) is 5.06. The van der Waals surface area contributed by atoms with Crippen LogP contribution >= 0.6 is 0 Å². The number of nitrogens with one attached hydrogen (secondary N) is 1. The molecular formula is C13H14N4O4S. The Bertz CT molecular complexity index is 837. The first kappa shape index (κ1) is 14.6. The molecule has 0 bridgehead atoms. The Hall–Kier alpha value is -2.29. The summed E-state index contributed by atoms with van der Waals surface area (Å²) in [6.45, 7) is 0. The Morgan fingerprint density at radius 1 is 1.32 bits per heavy atom. The van der Waals surface area contributed by atoms with Crippen molar-refractivity contribution in [2.24, 2.45) is 0 Å². The number of sulfone groups is 1. The molecule has 0 radical (unpaired) electrons. The van der Waals surface area contributed by atoms with E-state index in [1.165, 1.54) is 7.11 Å². The molecule has 1 amide bonds. The van der Waals surface area contributed by atoms with Crippen LogP contribution in [-0.2, 0) is 9.84 Å². The lowest BCUT2D eigenvalue weighted by Crippen LogP contribution is -2.36. The minimum Gasteiger partial charge on any atom is -0.497 e. The van der Waals surface area contributed by atoms with E-state index in [1.807, 2.05) is 0 Å². The molecule has 1 aliphatic rings. The molecule has 1 aliphatic heterocycles. The van der Waals surface area contributed by atoms with Gasteiger partial charge in [-0.3, -0.25) is 4.79 Å². The van der Waals surface area contributed by atoms with Gasteiger partial charge in [0, 0.05) is 12.1 Å². The molecule has 22 heavy (non-hydrogen) atoms. The summed E-state index contributed by atoms with van der Waals surface area (Å²) in [7, 11) is -1.52. The van der Waals surface area contributed by atoms with Crippen molar-refractivity contribution in [3.05, 3.63) is 24.0 Å². The summed E-state index contributed by atoms with van der Waals surface area (Å²) in [5.74, 6) is 0.0186. The molecule has 0 saturated carbocycles. The summed E-state index contributed by atoms with van der Waals surface area (Å²) in [4.78, 5) is 16.3. The molecule has 0 unspecified atom stereocenters. The number of fused-ring (bicyclic) bond motifs is 1. The number of ether oxygens (including phenoxy) is 1. The Kier molecular flexibility index (Phi) is 3.65. The smallest absolute Gasteiger partial charge is 0.291 e. The number of methoxy groups -OCH3 is 1. The first-order valence-electron chi connectivity index (χ1n) is 6.66. The minimum absolute atomic E-state index is 0.0480. The highest BCUT2D eigenvalue weighted by molar-refractivity contribution is 7.91. The summed E-state index contributed by atoms with van der Waals surface area (Å²) < 4.78 is 27.9. The molecule has 1 aromatic heterocycles. The van der Waals surface area contributed by atoms with Crippen molar-refractivity contribution in [3.8, 4) is 5.75 Å². The molecule has 1 saturated heterocycles. The van der Waals surface area contributed by atoms with E-state index in [9.17, 15) is 13.2 Å². The van der Waals surface area contributed by atoms with Crippen LogP contribution in [0.3, 0.4) is 0 Å². The Morgan fingerprint density at radius 2 is 2.14 bits per heavy atom. The van der Waals surface area contributed by atoms with Crippen LogP contribution in [0, 0.1) is 0 Å². The minimum atomic E-state index is -3.05. The summed E-state index contributed by atoms with van der Waals surface area (Å²) in [6, 6.07) is 4.67. The van der Waals surface area contributed by atoms with Crippen LogP contribution in [0.25, 0.3) is 11.0 Å². The summed E-state index contributed by atoms with van der Waals surface area (Å²) >= 11 is 0. The van der Waals surface area contributed by atoms with Crippen molar-refractivity contribution in [1.82, 2.24) is 20.5 Å². The van der Waals surface area contributed by atoms with Gasteiger partial charge in [-0.25, -0.2) is 13.4 Å². The van der Waals surface area contributed by atoms with Gasteiger partial charge in [0.05, 0.1) is 24.1 Å². The van der Waals surface area contributed by atoms with Crippen molar-refractivity contribution in [1.29, 1.82) is 0 Å². The third-order valence-corrected chi connectivity index (χ3v) is 5.20. The molecule has 9 heteroatoms. The maximum absolute atomic E-state index is 12.1. The number of aromatic nitrogens is 3. The zero-order chi connectivity index (χ0) is 15.7. The van der Waals surface area contributed by atoms with Gasteiger partial charge in [-0.05, 0) is 18.6 Å². The first-order chi connectivity index (χ1) is 10.5. The van der Waals surface area contributed by atoms with Gasteiger partial charge < -0.3 is 10.1 Å². The summed E-state index contributed by atoms with van der Waals surface area (Å²) in [5.41, 5.74) is 1.03. The third kappa shape index (κ3) is 2.98. The van der Waals surface area contributed by atoms with E-state index in [2.05, 4.69) is 20.5 Å². The quantitative estimate of drug-likeness (QED) is 0.843. The normalized spacial score (nSPS) is 20.0. The predicted octanol–water partition coefficient (Wildman–Crippen LogP) is -0.0497. The number of rotatable bonds is 3. The lowest BCUT2D eigenvalue weighted by molar-refractivity contribution is 0.0930. The van der Waals surface area contributed by atoms with E-state index in [1.54, 1.807) is 18.2 Å². The fourth-order valence-corrected chi connectivity index (χ4v) is 3.97. The Labute approximate surface area is 126 Å². The topological polar surface area (TPSA) is 111 Å². The molecule has 2 heterocycles. The highest BCUT2D eigenvalue weighted by atomic mass is 32.2. The zero-order valence-electron chi connectivity index (χ0n) is 11.8. The molecule has 3 rings (SSSR count). The largest absolute Gasteiger partial charge is 0.497 e. The number of hydrogen-bond acceptors (Lipinski definition) is 7. The number of nitrogens with zero attached hydrogens (tertiary/aromatic N) is 3. The third-order valence-electron chi connectivity index (χ3n) is 3.43. The van der Waals surface area contributed by atoms with Gasteiger partial charge >= 0.3 is 0 Å². The molecule has 1 N–H and O–H groups in total. The van der Waals surface area contributed by atoms with E-state index in [-0.39, 0.29) is 17.3 Å². The molecule has 8 nitrogen and oxygen atoms in total. The second kappa shape index (κ2) is 5.48. The van der Waals surface area contributed by atoms with Crippen LogP contribution in [0.2, 0.25) is 0 Å². The number of amides is 1. The van der Waals surface area contributed by atoms with Crippen molar-refractivity contribution in [2.75, 3.05) is 18.6 Å². The van der Waals surface area contributed by atoms with E-state index in [0.29, 0.717) is 23.2 Å². The molecule has 1 aromatic carbocycles. The zero-order valence-corrected chi connectivity index (χ0v) is 12.6. The lowest BCUT2D eigenvalue weighted by atomic mass is 10.2. The average Bonchev–Trinajstić information content (AvgIpc) is 2.84. The van der Waals surface area contributed by atoms with Gasteiger partial charge in [-0.15, -0.1) is 10.2 Å². The highest BCUT2D eigenvalue weighted by Crippen LogP contribution is 2.17. The summed E-state index contributed by atoms with van der Waals surface area (Å²) in [6.07, 6.45) is 0.406. The van der Waals surface area contributed by atoms with Crippen molar-refractivity contribution in [2.45, 2.75) is 12.5 Å². The molecular weight excluding hydrogens is 308 g/mol. The fraction of sp³-hybridized carbons (Fsp3) is 0.385. The van der Waals surface area contributed by atoms with Gasteiger partial charge in [-0.2, -0.15) is 0 Å². The van der Waals surface area contributed by atoms with Crippen LogP contribution in [0.15, 0.2) is 18.2 Å². The van der Waals surface area contributed by atoms with E-state index in [4.69, 9.17) is 4.74 Å². The Morgan fingerprint density at radius 3 is 2.82 bits per heavy atom. The van der Waals surface area contributed by atoms with E-state index >= 15 is 0 Å². The van der Waals surface area contributed by atoms with E-state index < -0.39 is 21.8 Å². The molecule has 0 aliphatic carbocycles. The van der Waals surface area contributed by atoms with Gasteiger partial charge in [0.1, 0.15) is 11.3 Å². The Balaban J connectivity index is 1.82. The predicted molar refractivity (Wildman–Crippen MR) is 78.4 cm³/mol. The average molecular weight is 322 g/mol. The van der Waals surface area contributed by atoms with Crippen LogP contribution in [0.1, 0.15) is 17.0 Å². The fourth-order valence-electron chi connectivity index (χ4n) is 2.30. The maximum atomic E-state index is 12.1. The van der Waals surface area contributed by atoms with Gasteiger partial charge in [0.2, 0.25) is 5.82 Å². The van der Waals surface area contributed by atoms with E-state index in [0.717, 1.165) is 0 Å². The van der Waals surface area contributed by atoms with Gasteiger partial charge in [0.25, 0.3) is 5.91 Å². The van der Waals surface area contributed by atoms with Crippen molar-refractivity contribution in [3.63, 3.8) is 0 Å². The van der Waals surface area contributed by atoms with Gasteiger partial charge in [0.15, 0.2) is 9.84 Å². The summed E-state index contributed by atoms with van der Waals surface area (Å²) in [5, 5.41) is 10.3. The SMILES string of the molecule is COc1ccc2nnc(C(=O)N[C@@H]3CCS(=O)(=O)C3)nc2c1. The first-order valence-corrected chi connectivity index (χ1v) is 8.49. The number of carbonyl (C=O) groups excluding carboxylic acids is 1. The maximum Gasteiger partial charge on any atom is 0.291 e. The molecule has 1 atom stereocenters. The van der Waals surface area contributed by atoms with Crippen LogP contribution in [-0.4, -0.2) is 54.2 Å². The highest BCUT2D eigenvalue weighted by Gasteiger charge is 2.29. The lowest BCUT2D eigenvalue weighted by Gasteiger charge is -2.09. The number of benzene rings is 1. The monoisotopic (exact) mass is 322 g/mol. The van der Waals surface area contributed by atoms with Crippen LogP contribution < -0.4 is 10.1 Å². The van der Waals surface area contributed by atoms with Crippen LogP contribution in [0.5, 0.6) is 5.75 Å². The molecule has 0 spiro atoms. The van der Waals surface area contributed by atoms with Crippen molar-refractivity contribution < 1.29 is 17.9 Å². The number of carbonyl (C=O) groups is 1. The van der Waals surface area contributed by atoms with Crippen LogP contribution in [0.4, 0.5) is 0 Å². The molecule has 116 valence electrons. The van der Waals surface area contributed by atoms with Crippen molar-refractivity contribution >= 4 is 26.8 Å². The standard InChI is InChI=1S/C13H14N4O4S/c1-21-9-2-3-10-11(6-9)15-12(17-16-10)13(18)14-8-4-5-22(19,20)7-8/h2-3,6,8H,4-5,7H2,1H3,(H,14,18)/t8-/m1/s1. The van der Waals surface area contributed by atoms with Gasteiger partial charge in [-0.1, -0.05) is 0 Å². The number of hydrogen-bond donors (Lipinski definition) is 1. The molecule has 2 aromatic rings. The second-order valence-corrected chi connectivity index (χ2v) is 7.29.